The molecular formula is C13H13F3N2O3S2. The highest BCUT2D eigenvalue weighted by Gasteiger charge is 2.36. The van der Waals surface area contributed by atoms with E-state index >= 15 is 0 Å². The molecule has 1 aliphatic heterocycles. The molecule has 0 spiro atoms. The lowest BCUT2D eigenvalue weighted by molar-refractivity contribution is -0.155. The van der Waals surface area contributed by atoms with Crippen LogP contribution in [0.15, 0.2) is 26.9 Å². The summed E-state index contributed by atoms with van der Waals surface area (Å²) in [6, 6.07) is 3.61. The Morgan fingerprint density at radius 2 is 1.87 bits per heavy atom. The molecule has 0 N–H and O–H groups in total. The third-order valence-corrected chi connectivity index (χ3v) is 7.01. The number of nitrogens with zero attached hydrogens (tertiary/aromatic N) is 2. The first-order chi connectivity index (χ1) is 10.8. The standard InChI is InChI=1S/C13H13F3N2O3S2/c14-13(15,16)11-8-9(17-21-11)10-4-5-12(22-10)23(19,20)18-6-2-1-3-7-18/h4-5,8H,1-3,6-7H2. The Bertz CT molecular complexity index is 789. The fourth-order valence-corrected chi connectivity index (χ4v) is 5.28. The van der Waals surface area contributed by atoms with E-state index in [1.54, 1.807) is 0 Å². The number of aromatic nitrogens is 1. The van der Waals surface area contributed by atoms with Crippen LogP contribution < -0.4 is 0 Å². The van der Waals surface area contributed by atoms with E-state index < -0.39 is 22.0 Å². The predicted octanol–water partition coefficient (Wildman–Crippen LogP) is 3.60. The van der Waals surface area contributed by atoms with Gasteiger partial charge in [-0.1, -0.05) is 11.6 Å². The first-order valence-corrected chi connectivity index (χ1v) is 9.18. The number of hydrogen-bond acceptors (Lipinski definition) is 5. The van der Waals surface area contributed by atoms with Crippen molar-refractivity contribution in [1.82, 2.24) is 9.46 Å². The lowest BCUT2D eigenvalue weighted by Crippen LogP contribution is -2.35. The molecule has 0 bridgehead atoms. The van der Waals surface area contributed by atoms with Gasteiger partial charge in [0.1, 0.15) is 9.90 Å². The molecule has 3 rings (SSSR count). The van der Waals surface area contributed by atoms with Crippen LogP contribution in [0.2, 0.25) is 0 Å². The molecule has 0 saturated carbocycles. The summed E-state index contributed by atoms with van der Waals surface area (Å²) in [5.41, 5.74) is -0.0255. The lowest BCUT2D eigenvalue weighted by Gasteiger charge is -2.25. The third-order valence-electron chi connectivity index (χ3n) is 3.53. The van der Waals surface area contributed by atoms with Crippen molar-refractivity contribution in [2.45, 2.75) is 29.6 Å². The molecule has 23 heavy (non-hydrogen) atoms. The van der Waals surface area contributed by atoms with E-state index in [-0.39, 0.29) is 9.90 Å². The number of alkyl halides is 3. The summed E-state index contributed by atoms with van der Waals surface area (Å²) in [6.45, 7) is 0.940. The van der Waals surface area contributed by atoms with Crippen molar-refractivity contribution in [3.63, 3.8) is 0 Å². The van der Waals surface area contributed by atoms with Crippen LogP contribution in [-0.2, 0) is 16.2 Å². The van der Waals surface area contributed by atoms with Gasteiger partial charge in [0.25, 0.3) is 10.0 Å². The normalized spacial score (nSPS) is 17.5. The van der Waals surface area contributed by atoms with Gasteiger partial charge in [-0.3, -0.25) is 0 Å². The molecule has 0 atom stereocenters. The number of thiophene rings is 1. The first-order valence-electron chi connectivity index (χ1n) is 6.93. The molecule has 2 aromatic rings. The van der Waals surface area contributed by atoms with Crippen molar-refractivity contribution in [3.05, 3.63) is 24.0 Å². The van der Waals surface area contributed by atoms with Crippen LogP contribution in [0.1, 0.15) is 25.0 Å². The fourth-order valence-electron chi connectivity index (χ4n) is 2.35. The molecule has 0 unspecified atom stereocenters. The Morgan fingerprint density at radius 1 is 1.17 bits per heavy atom. The van der Waals surface area contributed by atoms with Gasteiger partial charge in [0, 0.05) is 19.2 Å². The zero-order valence-electron chi connectivity index (χ0n) is 11.8. The van der Waals surface area contributed by atoms with E-state index in [0.29, 0.717) is 18.0 Å². The number of sulfonamides is 1. The Morgan fingerprint density at radius 3 is 2.48 bits per heavy atom. The van der Waals surface area contributed by atoms with Crippen LogP contribution in [0.3, 0.4) is 0 Å². The molecule has 0 aromatic carbocycles. The summed E-state index contributed by atoms with van der Waals surface area (Å²) in [5, 5.41) is 3.37. The molecule has 10 heteroatoms. The van der Waals surface area contributed by atoms with Crippen molar-refractivity contribution in [2.24, 2.45) is 0 Å². The van der Waals surface area contributed by atoms with Crippen LogP contribution in [0, 0.1) is 0 Å². The minimum atomic E-state index is -4.62. The Balaban J connectivity index is 1.87. The molecular weight excluding hydrogens is 353 g/mol. The van der Waals surface area contributed by atoms with E-state index in [1.807, 2.05) is 0 Å². The van der Waals surface area contributed by atoms with Gasteiger partial charge < -0.3 is 4.52 Å². The molecule has 0 radical (unpaired) electrons. The van der Waals surface area contributed by atoms with Gasteiger partial charge >= 0.3 is 6.18 Å². The fraction of sp³-hybridized carbons (Fsp3) is 0.462. The number of hydrogen-bond donors (Lipinski definition) is 0. The van der Waals surface area contributed by atoms with Crippen LogP contribution in [0.25, 0.3) is 10.6 Å². The van der Waals surface area contributed by atoms with E-state index in [1.165, 1.54) is 16.4 Å². The second kappa shape index (κ2) is 5.91. The summed E-state index contributed by atoms with van der Waals surface area (Å²) in [6.07, 6.45) is -1.99. The highest BCUT2D eigenvalue weighted by atomic mass is 32.2. The number of halogens is 3. The van der Waals surface area contributed by atoms with E-state index in [9.17, 15) is 21.6 Å². The molecule has 1 fully saturated rings. The molecule has 5 nitrogen and oxygen atoms in total. The molecule has 1 saturated heterocycles. The van der Waals surface area contributed by atoms with E-state index in [4.69, 9.17) is 0 Å². The van der Waals surface area contributed by atoms with E-state index in [0.717, 1.165) is 36.7 Å². The molecule has 3 heterocycles. The lowest BCUT2D eigenvalue weighted by atomic mass is 10.2. The summed E-state index contributed by atoms with van der Waals surface area (Å²) < 4.78 is 68.4. The Kier molecular flexibility index (Phi) is 4.23. The summed E-state index contributed by atoms with van der Waals surface area (Å²) in [5.74, 6) is -1.21. The van der Waals surface area contributed by atoms with Gasteiger partial charge in [0.05, 0.1) is 4.88 Å². The molecule has 0 aliphatic carbocycles. The smallest absolute Gasteiger partial charge is 0.351 e. The maximum Gasteiger partial charge on any atom is 0.452 e. The topological polar surface area (TPSA) is 63.4 Å². The maximum atomic E-state index is 12.5. The van der Waals surface area contributed by atoms with Gasteiger partial charge in [-0.05, 0) is 25.0 Å². The van der Waals surface area contributed by atoms with Crippen LogP contribution >= 0.6 is 11.3 Å². The zero-order chi connectivity index (χ0) is 16.7. The molecule has 126 valence electrons. The highest BCUT2D eigenvalue weighted by molar-refractivity contribution is 7.91. The molecule has 2 aromatic heterocycles. The summed E-state index contributed by atoms with van der Waals surface area (Å²) >= 11 is 0.891. The molecule has 1 aliphatic rings. The van der Waals surface area contributed by atoms with Crippen LogP contribution in [0.5, 0.6) is 0 Å². The van der Waals surface area contributed by atoms with Gasteiger partial charge in [0.2, 0.25) is 5.76 Å². The van der Waals surface area contributed by atoms with Crippen LogP contribution in [0.4, 0.5) is 13.2 Å². The minimum Gasteiger partial charge on any atom is -0.351 e. The second-order valence-electron chi connectivity index (χ2n) is 5.16. The second-order valence-corrected chi connectivity index (χ2v) is 8.41. The minimum absolute atomic E-state index is 0.0255. The average molecular weight is 366 g/mol. The van der Waals surface area contributed by atoms with Gasteiger partial charge in [-0.25, -0.2) is 8.42 Å². The Labute approximate surface area is 134 Å². The monoisotopic (exact) mass is 366 g/mol. The van der Waals surface area contributed by atoms with Crippen LogP contribution in [-0.4, -0.2) is 31.0 Å². The Hall–Kier alpha value is -1.39. The van der Waals surface area contributed by atoms with Crippen molar-refractivity contribution in [1.29, 1.82) is 0 Å². The average Bonchev–Trinajstić information content (AvgIpc) is 3.16. The summed E-state index contributed by atoms with van der Waals surface area (Å²) in [7, 11) is -3.60. The quantitative estimate of drug-likeness (QED) is 0.833. The SMILES string of the molecule is O=S(=O)(c1ccc(-c2cc(C(F)(F)F)on2)s1)N1CCCCC1. The third kappa shape index (κ3) is 3.29. The first kappa shape index (κ1) is 16.5. The van der Waals surface area contributed by atoms with Gasteiger partial charge in [-0.2, -0.15) is 17.5 Å². The predicted molar refractivity (Wildman–Crippen MR) is 77.4 cm³/mol. The highest BCUT2D eigenvalue weighted by Crippen LogP contribution is 2.36. The van der Waals surface area contributed by atoms with Crippen molar-refractivity contribution in [3.8, 4) is 10.6 Å². The molecule has 0 amide bonds. The number of rotatable bonds is 3. The van der Waals surface area contributed by atoms with Crippen molar-refractivity contribution >= 4 is 21.4 Å². The summed E-state index contributed by atoms with van der Waals surface area (Å²) in [4.78, 5) is 0.319. The number of piperidine rings is 1. The van der Waals surface area contributed by atoms with E-state index in [2.05, 4.69) is 9.68 Å². The van der Waals surface area contributed by atoms with Gasteiger partial charge in [-0.15, -0.1) is 11.3 Å². The van der Waals surface area contributed by atoms with Crippen molar-refractivity contribution in [2.75, 3.05) is 13.1 Å². The largest absolute Gasteiger partial charge is 0.452 e. The maximum absolute atomic E-state index is 12.5. The zero-order valence-corrected chi connectivity index (χ0v) is 13.5. The van der Waals surface area contributed by atoms with Crippen molar-refractivity contribution < 1.29 is 26.1 Å². The van der Waals surface area contributed by atoms with Gasteiger partial charge in [0.15, 0.2) is 0 Å².